The van der Waals surface area contributed by atoms with Crippen molar-refractivity contribution >= 4 is 21.8 Å². The summed E-state index contributed by atoms with van der Waals surface area (Å²) in [7, 11) is -4.75. The number of rotatable bonds is 5. The number of hydrogen-bond acceptors (Lipinski definition) is 4. The number of halogens is 3. The lowest BCUT2D eigenvalue weighted by atomic mass is 9.85. The summed E-state index contributed by atoms with van der Waals surface area (Å²) < 4.78 is 65.9. The molecule has 1 heterocycles. The van der Waals surface area contributed by atoms with Gasteiger partial charge in [0.05, 0.1) is 10.5 Å². The number of nitrogens with one attached hydrogen (secondary N) is 1. The number of likely N-dealkylation sites (tertiary alicyclic amines) is 1. The SMILES string of the molecule is CC1(C(=O)NS(=O)(=O)c2ccccc2C(F)(F)F)CCN1C(=O)CC1CC1. The second-order valence-corrected chi connectivity index (χ2v) is 8.80. The van der Waals surface area contributed by atoms with Crippen LogP contribution in [-0.4, -0.2) is 37.2 Å². The van der Waals surface area contributed by atoms with Crippen molar-refractivity contribution in [3.8, 4) is 0 Å². The highest BCUT2D eigenvalue weighted by Crippen LogP contribution is 2.38. The number of amides is 2. The van der Waals surface area contributed by atoms with E-state index in [1.54, 1.807) is 4.72 Å². The molecule has 1 saturated carbocycles. The molecule has 1 aliphatic heterocycles. The molecule has 27 heavy (non-hydrogen) atoms. The van der Waals surface area contributed by atoms with Crippen molar-refractivity contribution in [3.63, 3.8) is 0 Å². The number of sulfonamides is 1. The van der Waals surface area contributed by atoms with E-state index in [2.05, 4.69) is 0 Å². The zero-order valence-electron chi connectivity index (χ0n) is 14.5. The second-order valence-electron chi connectivity index (χ2n) is 7.15. The van der Waals surface area contributed by atoms with Crippen LogP contribution in [0.2, 0.25) is 0 Å². The van der Waals surface area contributed by atoms with Crippen LogP contribution in [0.4, 0.5) is 13.2 Å². The summed E-state index contributed by atoms with van der Waals surface area (Å²) in [6.45, 7) is 1.73. The first kappa shape index (κ1) is 19.7. The van der Waals surface area contributed by atoms with Gasteiger partial charge in [-0.1, -0.05) is 12.1 Å². The minimum absolute atomic E-state index is 0.241. The van der Waals surface area contributed by atoms with Crippen LogP contribution < -0.4 is 4.72 Å². The van der Waals surface area contributed by atoms with Gasteiger partial charge in [-0.15, -0.1) is 0 Å². The average molecular weight is 404 g/mol. The maximum atomic E-state index is 13.1. The fourth-order valence-electron chi connectivity index (χ4n) is 3.10. The van der Waals surface area contributed by atoms with Crippen LogP contribution in [0.15, 0.2) is 29.2 Å². The summed E-state index contributed by atoms with van der Waals surface area (Å²) in [6, 6.07) is 3.63. The first-order valence-electron chi connectivity index (χ1n) is 8.49. The molecule has 2 aliphatic rings. The molecule has 1 aromatic carbocycles. The molecule has 2 fully saturated rings. The Bertz CT molecular complexity index is 880. The summed E-state index contributed by atoms with van der Waals surface area (Å²) in [5.74, 6) is -0.947. The van der Waals surface area contributed by atoms with Gasteiger partial charge in [0, 0.05) is 13.0 Å². The fraction of sp³-hybridized carbons (Fsp3) is 0.529. The predicted octanol–water partition coefficient (Wildman–Crippen LogP) is 2.30. The van der Waals surface area contributed by atoms with Crippen molar-refractivity contribution in [2.75, 3.05) is 6.54 Å². The summed E-state index contributed by atoms with van der Waals surface area (Å²) >= 11 is 0. The number of benzene rings is 1. The summed E-state index contributed by atoms with van der Waals surface area (Å²) in [5, 5.41) is 0. The van der Waals surface area contributed by atoms with Crippen LogP contribution >= 0.6 is 0 Å². The highest BCUT2D eigenvalue weighted by Gasteiger charge is 2.51. The summed E-state index contributed by atoms with van der Waals surface area (Å²) in [6.07, 6.45) is -2.45. The van der Waals surface area contributed by atoms with E-state index in [0.717, 1.165) is 31.0 Å². The van der Waals surface area contributed by atoms with Gasteiger partial charge < -0.3 is 4.90 Å². The Hall–Kier alpha value is -2.10. The summed E-state index contributed by atoms with van der Waals surface area (Å²) in [4.78, 5) is 25.1. The standard InChI is InChI=1S/C17H19F3N2O4S/c1-16(8-9-22(16)14(23)10-11-6-7-11)15(24)21-27(25,26)13-5-3-2-4-12(13)17(18,19)20/h2-5,11H,6-10H2,1H3,(H,21,24). The molecule has 1 aromatic rings. The van der Waals surface area contributed by atoms with Crippen molar-refractivity contribution < 1.29 is 31.2 Å². The zero-order chi connectivity index (χ0) is 20.0. The van der Waals surface area contributed by atoms with Gasteiger partial charge in [0.1, 0.15) is 5.54 Å². The van der Waals surface area contributed by atoms with Crippen LogP contribution in [0.25, 0.3) is 0 Å². The Morgan fingerprint density at radius 1 is 1.26 bits per heavy atom. The van der Waals surface area contributed by atoms with E-state index in [1.165, 1.54) is 11.8 Å². The van der Waals surface area contributed by atoms with Crippen LogP contribution in [0.1, 0.15) is 38.2 Å². The molecule has 0 aromatic heterocycles. The third-order valence-corrected chi connectivity index (χ3v) is 6.47. The Kier molecular flexibility index (Phi) is 4.73. The van der Waals surface area contributed by atoms with Gasteiger partial charge in [-0.2, -0.15) is 13.2 Å². The normalized spacial score (nSPS) is 22.9. The van der Waals surface area contributed by atoms with Gasteiger partial charge in [0.15, 0.2) is 0 Å². The van der Waals surface area contributed by atoms with Gasteiger partial charge in [0.25, 0.3) is 15.9 Å². The van der Waals surface area contributed by atoms with E-state index in [4.69, 9.17) is 0 Å². The van der Waals surface area contributed by atoms with Crippen LogP contribution in [0.3, 0.4) is 0 Å². The van der Waals surface area contributed by atoms with Crippen molar-refractivity contribution in [3.05, 3.63) is 29.8 Å². The lowest BCUT2D eigenvalue weighted by Gasteiger charge is -2.49. The van der Waals surface area contributed by atoms with Gasteiger partial charge in [-0.3, -0.25) is 9.59 Å². The molecule has 1 saturated heterocycles. The van der Waals surface area contributed by atoms with Gasteiger partial charge >= 0.3 is 6.18 Å². The predicted molar refractivity (Wildman–Crippen MR) is 88.8 cm³/mol. The molecule has 10 heteroatoms. The molecule has 0 bridgehead atoms. The first-order chi connectivity index (χ1) is 12.4. The molecule has 1 atom stereocenters. The van der Waals surface area contributed by atoms with E-state index >= 15 is 0 Å². The van der Waals surface area contributed by atoms with Gasteiger partial charge in [-0.05, 0) is 44.2 Å². The monoisotopic (exact) mass is 404 g/mol. The molecule has 2 amide bonds. The largest absolute Gasteiger partial charge is 0.417 e. The van der Waals surface area contributed by atoms with E-state index < -0.39 is 38.1 Å². The van der Waals surface area contributed by atoms with Gasteiger partial charge in [0.2, 0.25) is 5.91 Å². The number of carbonyl (C=O) groups is 2. The smallest absolute Gasteiger partial charge is 0.328 e. The number of hydrogen-bond donors (Lipinski definition) is 1. The van der Waals surface area contributed by atoms with Crippen molar-refractivity contribution in [1.82, 2.24) is 9.62 Å². The Balaban J connectivity index is 1.80. The fourth-order valence-corrected chi connectivity index (χ4v) is 4.40. The maximum absolute atomic E-state index is 13.1. The number of nitrogens with zero attached hydrogens (tertiary/aromatic N) is 1. The summed E-state index contributed by atoms with van der Waals surface area (Å²) in [5.41, 5.74) is -2.74. The average Bonchev–Trinajstić information content (AvgIpc) is 3.35. The minimum Gasteiger partial charge on any atom is -0.328 e. The molecule has 1 unspecified atom stereocenters. The molecule has 1 N–H and O–H groups in total. The Morgan fingerprint density at radius 3 is 2.41 bits per heavy atom. The minimum atomic E-state index is -4.89. The third-order valence-electron chi connectivity index (χ3n) is 5.08. The quantitative estimate of drug-likeness (QED) is 0.816. The van der Waals surface area contributed by atoms with Crippen LogP contribution in [-0.2, 0) is 25.8 Å². The highest BCUT2D eigenvalue weighted by molar-refractivity contribution is 7.90. The lowest BCUT2D eigenvalue weighted by Crippen LogP contribution is -2.67. The molecule has 3 rings (SSSR count). The topological polar surface area (TPSA) is 83.6 Å². The highest BCUT2D eigenvalue weighted by atomic mass is 32.2. The van der Waals surface area contributed by atoms with Crippen LogP contribution in [0.5, 0.6) is 0 Å². The van der Waals surface area contributed by atoms with Gasteiger partial charge in [-0.25, -0.2) is 13.1 Å². The first-order valence-corrected chi connectivity index (χ1v) is 9.97. The van der Waals surface area contributed by atoms with E-state index in [9.17, 15) is 31.2 Å². The Labute approximate surface area is 154 Å². The second kappa shape index (κ2) is 6.50. The van der Waals surface area contributed by atoms with E-state index in [1.807, 2.05) is 0 Å². The zero-order valence-corrected chi connectivity index (χ0v) is 15.4. The lowest BCUT2D eigenvalue weighted by molar-refractivity contribution is -0.156. The van der Waals surface area contributed by atoms with Crippen LogP contribution in [0, 0.1) is 5.92 Å². The number of alkyl halides is 3. The van der Waals surface area contributed by atoms with Crippen molar-refractivity contribution in [1.29, 1.82) is 0 Å². The molecular weight excluding hydrogens is 385 g/mol. The van der Waals surface area contributed by atoms with E-state index in [0.29, 0.717) is 24.9 Å². The van der Waals surface area contributed by atoms with Crippen molar-refractivity contribution in [2.45, 2.75) is 49.2 Å². The molecule has 148 valence electrons. The van der Waals surface area contributed by atoms with E-state index in [-0.39, 0.29) is 12.3 Å². The Morgan fingerprint density at radius 2 is 1.89 bits per heavy atom. The molecule has 0 spiro atoms. The maximum Gasteiger partial charge on any atom is 0.417 e. The molecule has 0 radical (unpaired) electrons. The third kappa shape index (κ3) is 3.80. The molecular formula is C17H19F3N2O4S. The number of carbonyl (C=O) groups excluding carboxylic acids is 2. The molecule has 1 aliphatic carbocycles. The van der Waals surface area contributed by atoms with Crippen molar-refractivity contribution in [2.24, 2.45) is 5.92 Å². The molecule has 6 nitrogen and oxygen atoms in total.